The number of anilines is 2. The van der Waals surface area contributed by atoms with E-state index in [1.807, 2.05) is 12.1 Å². The highest BCUT2D eigenvalue weighted by molar-refractivity contribution is 6.30. The van der Waals surface area contributed by atoms with Gasteiger partial charge in [-0.15, -0.1) is 0 Å². The van der Waals surface area contributed by atoms with E-state index in [2.05, 4.69) is 10.6 Å². The Labute approximate surface area is 162 Å². The molecule has 1 heterocycles. The van der Waals surface area contributed by atoms with E-state index >= 15 is 0 Å². The average molecular weight is 393 g/mol. The zero-order valence-electron chi connectivity index (χ0n) is 14.9. The molecule has 0 amide bonds. The van der Waals surface area contributed by atoms with Crippen LogP contribution in [0.1, 0.15) is 37.7 Å². The summed E-state index contributed by atoms with van der Waals surface area (Å²) in [6.45, 7) is -0.0355. The van der Waals surface area contributed by atoms with Crippen LogP contribution in [0.3, 0.4) is 0 Å². The molecule has 1 unspecified atom stereocenters. The summed E-state index contributed by atoms with van der Waals surface area (Å²) in [5.41, 5.74) is 1.04. The molecule has 0 bridgehead atoms. The van der Waals surface area contributed by atoms with E-state index in [0.717, 1.165) is 31.2 Å². The molecule has 6 heteroatoms. The standard InChI is InChI=1S/C21H23ClF2N2O/c22-15-8-6-14(7-9-15)21(16(12-27)13-4-2-1-3-5-13)25-19-10-17(23)18(24)11-20(19)26-21/h6-11,13,16,25-27H,1-5,12H2. The molecule has 1 aliphatic heterocycles. The summed E-state index contributed by atoms with van der Waals surface area (Å²) in [5.74, 6) is -1.64. The maximum Gasteiger partial charge on any atom is 0.161 e. The second-order valence-electron chi connectivity index (χ2n) is 7.56. The van der Waals surface area contributed by atoms with Crippen LogP contribution in [0.5, 0.6) is 0 Å². The topological polar surface area (TPSA) is 44.3 Å². The van der Waals surface area contributed by atoms with E-state index in [1.165, 1.54) is 18.6 Å². The second kappa shape index (κ2) is 7.28. The molecule has 0 radical (unpaired) electrons. The molecule has 1 atom stereocenters. The predicted molar refractivity (Wildman–Crippen MR) is 104 cm³/mol. The normalized spacial score (nSPS) is 19.9. The van der Waals surface area contributed by atoms with Crippen LogP contribution in [0.15, 0.2) is 36.4 Å². The summed E-state index contributed by atoms with van der Waals surface area (Å²) in [4.78, 5) is 0. The van der Waals surface area contributed by atoms with Crippen molar-refractivity contribution in [2.24, 2.45) is 11.8 Å². The van der Waals surface area contributed by atoms with Gasteiger partial charge in [0.05, 0.1) is 18.0 Å². The third-order valence-corrected chi connectivity index (χ3v) is 6.25. The smallest absolute Gasteiger partial charge is 0.161 e. The van der Waals surface area contributed by atoms with Gasteiger partial charge in [0.15, 0.2) is 11.6 Å². The molecule has 1 fully saturated rings. The summed E-state index contributed by atoms with van der Waals surface area (Å²) in [6.07, 6.45) is 5.54. The Kier molecular flexibility index (Phi) is 4.99. The minimum atomic E-state index is -0.895. The fraction of sp³-hybridized carbons (Fsp3) is 0.429. The maximum absolute atomic E-state index is 13.8. The Morgan fingerprint density at radius 3 is 2.07 bits per heavy atom. The molecule has 27 heavy (non-hydrogen) atoms. The molecule has 2 aromatic carbocycles. The third-order valence-electron chi connectivity index (χ3n) is 6.00. The third kappa shape index (κ3) is 3.27. The van der Waals surface area contributed by atoms with Gasteiger partial charge >= 0.3 is 0 Å². The van der Waals surface area contributed by atoms with Gasteiger partial charge in [0, 0.05) is 23.1 Å². The minimum Gasteiger partial charge on any atom is -0.396 e. The van der Waals surface area contributed by atoms with E-state index in [4.69, 9.17) is 11.6 Å². The van der Waals surface area contributed by atoms with Crippen LogP contribution in [0.4, 0.5) is 20.2 Å². The van der Waals surface area contributed by atoms with E-state index in [1.54, 1.807) is 12.1 Å². The first-order valence-corrected chi connectivity index (χ1v) is 9.83. The number of benzene rings is 2. The Bertz CT molecular complexity index is 791. The quantitative estimate of drug-likeness (QED) is 0.644. The van der Waals surface area contributed by atoms with E-state index in [9.17, 15) is 13.9 Å². The average Bonchev–Trinajstić information content (AvgIpc) is 3.03. The van der Waals surface area contributed by atoms with Gasteiger partial charge in [-0.2, -0.15) is 0 Å². The molecule has 0 spiro atoms. The van der Waals surface area contributed by atoms with E-state index in [0.29, 0.717) is 22.3 Å². The summed E-state index contributed by atoms with van der Waals surface area (Å²) in [7, 11) is 0. The molecule has 4 rings (SSSR count). The van der Waals surface area contributed by atoms with Crippen molar-refractivity contribution in [3.05, 3.63) is 58.6 Å². The summed E-state index contributed by atoms with van der Waals surface area (Å²) in [5, 5.41) is 17.7. The van der Waals surface area contributed by atoms with Gasteiger partial charge in [0.25, 0.3) is 0 Å². The van der Waals surface area contributed by atoms with Crippen molar-refractivity contribution in [3.8, 4) is 0 Å². The molecular formula is C21H23ClF2N2O. The first kappa shape index (κ1) is 18.5. The van der Waals surface area contributed by atoms with Crippen molar-refractivity contribution in [1.29, 1.82) is 0 Å². The molecule has 3 nitrogen and oxygen atoms in total. The van der Waals surface area contributed by atoms with Crippen LogP contribution in [0.25, 0.3) is 0 Å². The number of aliphatic hydroxyl groups excluding tert-OH is 1. The molecule has 2 aliphatic rings. The van der Waals surface area contributed by atoms with Gasteiger partial charge in [0.1, 0.15) is 5.66 Å². The van der Waals surface area contributed by atoms with Gasteiger partial charge in [0.2, 0.25) is 0 Å². The highest BCUT2D eigenvalue weighted by Gasteiger charge is 2.48. The SMILES string of the molecule is OCC(C1CCCCC1)C1(c2ccc(Cl)cc2)Nc2cc(F)c(F)cc2N1. The Morgan fingerprint density at radius 2 is 1.56 bits per heavy atom. The van der Waals surface area contributed by atoms with Crippen molar-refractivity contribution in [2.45, 2.75) is 37.8 Å². The number of hydrogen-bond donors (Lipinski definition) is 3. The lowest BCUT2D eigenvalue weighted by molar-refractivity contribution is 0.100. The van der Waals surface area contributed by atoms with Gasteiger partial charge in [-0.3, -0.25) is 0 Å². The van der Waals surface area contributed by atoms with Crippen molar-refractivity contribution < 1.29 is 13.9 Å². The molecule has 0 aromatic heterocycles. The monoisotopic (exact) mass is 392 g/mol. The van der Waals surface area contributed by atoms with Crippen molar-refractivity contribution in [3.63, 3.8) is 0 Å². The number of aliphatic hydroxyl groups is 1. The van der Waals surface area contributed by atoms with Gasteiger partial charge in [-0.05, 0) is 36.5 Å². The van der Waals surface area contributed by atoms with Gasteiger partial charge in [-0.25, -0.2) is 8.78 Å². The minimum absolute atomic E-state index is 0.0355. The lowest BCUT2D eigenvalue weighted by atomic mass is 9.72. The summed E-state index contributed by atoms with van der Waals surface area (Å²) < 4.78 is 27.6. The molecule has 2 aromatic rings. The second-order valence-corrected chi connectivity index (χ2v) is 8.00. The molecule has 3 N–H and O–H groups in total. The predicted octanol–water partition coefficient (Wildman–Crippen LogP) is 5.50. The van der Waals surface area contributed by atoms with Crippen molar-refractivity contribution in [2.75, 3.05) is 17.2 Å². The van der Waals surface area contributed by atoms with Crippen LogP contribution in [0.2, 0.25) is 5.02 Å². The Morgan fingerprint density at radius 1 is 1.00 bits per heavy atom. The largest absolute Gasteiger partial charge is 0.396 e. The number of nitrogens with one attached hydrogen (secondary N) is 2. The maximum atomic E-state index is 13.8. The molecular weight excluding hydrogens is 370 g/mol. The molecule has 144 valence electrons. The Balaban J connectivity index is 1.80. The highest BCUT2D eigenvalue weighted by atomic mass is 35.5. The van der Waals surface area contributed by atoms with Crippen LogP contribution < -0.4 is 10.6 Å². The first-order chi connectivity index (χ1) is 13.0. The fourth-order valence-electron chi connectivity index (χ4n) is 4.64. The zero-order valence-corrected chi connectivity index (χ0v) is 15.7. The molecule has 0 saturated heterocycles. The first-order valence-electron chi connectivity index (χ1n) is 9.46. The summed E-state index contributed by atoms with van der Waals surface area (Å²) >= 11 is 6.07. The van der Waals surface area contributed by atoms with Crippen LogP contribution in [-0.4, -0.2) is 11.7 Å². The molecule has 1 aliphatic carbocycles. The number of fused-ring (bicyclic) bond motifs is 1. The number of hydrogen-bond acceptors (Lipinski definition) is 3. The highest BCUT2D eigenvalue weighted by Crippen LogP contribution is 2.49. The summed E-state index contributed by atoms with van der Waals surface area (Å²) in [6, 6.07) is 9.72. The Hall–Kier alpha value is -1.85. The zero-order chi connectivity index (χ0) is 19.0. The van der Waals surface area contributed by atoms with Crippen LogP contribution in [-0.2, 0) is 5.66 Å². The van der Waals surface area contributed by atoms with Gasteiger partial charge < -0.3 is 15.7 Å². The van der Waals surface area contributed by atoms with Crippen molar-refractivity contribution in [1.82, 2.24) is 0 Å². The fourth-order valence-corrected chi connectivity index (χ4v) is 4.77. The number of halogens is 3. The lowest BCUT2D eigenvalue weighted by Crippen LogP contribution is -2.50. The lowest BCUT2D eigenvalue weighted by Gasteiger charge is -2.43. The van der Waals surface area contributed by atoms with E-state index in [-0.39, 0.29) is 12.5 Å². The molecule has 1 saturated carbocycles. The number of rotatable bonds is 4. The van der Waals surface area contributed by atoms with Crippen LogP contribution >= 0.6 is 11.6 Å². The van der Waals surface area contributed by atoms with Gasteiger partial charge in [-0.1, -0.05) is 43.0 Å². The van der Waals surface area contributed by atoms with Crippen molar-refractivity contribution >= 4 is 23.0 Å². The van der Waals surface area contributed by atoms with Crippen LogP contribution in [0, 0.1) is 23.5 Å². The van der Waals surface area contributed by atoms with E-state index < -0.39 is 17.3 Å².